The van der Waals surface area contributed by atoms with Crippen molar-refractivity contribution >= 4 is 8.32 Å². The van der Waals surface area contributed by atoms with Crippen molar-refractivity contribution in [3.8, 4) is 11.8 Å². The molecule has 182 valence electrons. The lowest BCUT2D eigenvalue weighted by atomic mass is 9.47. The van der Waals surface area contributed by atoms with Crippen LogP contribution >= 0.6 is 0 Å². The first-order valence-corrected chi connectivity index (χ1v) is 15.9. The van der Waals surface area contributed by atoms with E-state index in [9.17, 15) is 5.11 Å². The van der Waals surface area contributed by atoms with Crippen molar-refractivity contribution < 1.29 is 19.0 Å². The first-order valence-electron chi connectivity index (χ1n) is 13.0. The normalized spacial score (nSPS) is 37.2. The molecular formula is C27H46O4Si. The molecule has 4 aliphatic rings. The van der Waals surface area contributed by atoms with Crippen LogP contribution in [0.5, 0.6) is 0 Å². The minimum Gasteiger partial charge on any atom is -0.401 e. The van der Waals surface area contributed by atoms with Crippen LogP contribution in [-0.2, 0) is 13.9 Å². The van der Waals surface area contributed by atoms with Crippen molar-refractivity contribution in [2.75, 3.05) is 13.2 Å². The number of aliphatic hydroxyl groups excluding tert-OH is 1. The number of ether oxygens (including phenoxy) is 2. The molecule has 4 fully saturated rings. The summed E-state index contributed by atoms with van der Waals surface area (Å²) >= 11 is 0. The van der Waals surface area contributed by atoms with Gasteiger partial charge in [-0.25, -0.2) is 0 Å². The van der Waals surface area contributed by atoms with E-state index in [0.29, 0.717) is 25.0 Å². The highest BCUT2D eigenvalue weighted by molar-refractivity contribution is 6.74. The highest BCUT2D eigenvalue weighted by Crippen LogP contribution is 2.66. The van der Waals surface area contributed by atoms with Gasteiger partial charge < -0.3 is 19.0 Å². The van der Waals surface area contributed by atoms with Crippen LogP contribution in [0, 0.1) is 35.0 Å². The number of aliphatic hydroxyl groups is 1. The standard InChI is InChI=1S/C27H46O4Si/c1-24(2,3)32(6,7)31-26(5,20-11-9-8-10-12-20)16-13-21-22-19-27(29-17-18-30-27)25(22,4)15-14-23(21)28/h20-23,28H,8-12,14-15,17-19H2,1-7H3/t21-,22-,23-,25+,26+/m0/s1. The third-order valence-electron chi connectivity index (χ3n) is 9.88. The lowest BCUT2D eigenvalue weighted by Crippen LogP contribution is -2.67. The average Bonchev–Trinajstić information content (AvgIpc) is 3.22. The molecule has 0 aromatic heterocycles. The molecule has 5 heteroatoms. The highest BCUT2D eigenvalue weighted by Gasteiger charge is 2.70. The minimum absolute atomic E-state index is 0.0295. The van der Waals surface area contributed by atoms with Gasteiger partial charge in [0, 0.05) is 11.8 Å². The second-order valence-corrected chi connectivity index (χ2v) is 17.6. The Labute approximate surface area is 197 Å². The molecule has 1 heterocycles. The van der Waals surface area contributed by atoms with Crippen molar-refractivity contribution in [3.63, 3.8) is 0 Å². The zero-order valence-electron chi connectivity index (χ0n) is 21.6. The molecule has 1 saturated heterocycles. The summed E-state index contributed by atoms with van der Waals surface area (Å²) in [4.78, 5) is 0. The zero-order valence-corrected chi connectivity index (χ0v) is 22.6. The van der Waals surface area contributed by atoms with E-state index in [1.165, 1.54) is 32.1 Å². The maximum Gasteiger partial charge on any atom is 0.194 e. The van der Waals surface area contributed by atoms with Crippen LogP contribution in [0.1, 0.15) is 86.0 Å². The summed E-state index contributed by atoms with van der Waals surface area (Å²) < 4.78 is 19.3. The van der Waals surface area contributed by atoms with Crippen LogP contribution in [0.3, 0.4) is 0 Å². The first kappa shape index (κ1) is 24.7. The fraction of sp³-hybridized carbons (Fsp3) is 0.926. The van der Waals surface area contributed by atoms with Crippen molar-refractivity contribution in [1.29, 1.82) is 0 Å². The Morgan fingerprint density at radius 1 is 1.00 bits per heavy atom. The first-order chi connectivity index (χ1) is 14.8. The van der Waals surface area contributed by atoms with Crippen LogP contribution in [-0.4, -0.2) is 44.1 Å². The molecule has 0 aromatic rings. The Bertz CT molecular complexity index is 750. The Balaban J connectivity index is 1.62. The molecule has 1 spiro atoms. The molecular weight excluding hydrogens is 416 g/mol. The van der Waals surface area contributed by atoms with Crippen molar-refractivity contribution in [1.82, 2.24) is 0 Å². The van der Waals surface area contributed by atoms with Crippen LogP contribution < -0.4 is 0 Å². The molecule has 1 aliphatic heterocycles. The molecule has 5 atom stereocenters. The summed E-state index contributed by atoms with van der Waals surface area (Å²) in [5.74, 6) is 7.65. The highest BCUT2D eigenvalue weighted by atomic mass is 28.4. The number of rotatable bonds is 3. The van der Waals surface area contributed by atoms with Gasteiger partial charge in [0.05, 0.1) is 25.2 Å². The van der Waals surface area contributed by atoms with Gasteiger partial charge in [-0.2, -0.15) is 0 Å². The zero-order chi connectivity index (χ0) is 23.4. The van der Waals surface area contributed by atoms with Gasteiger partial charge in [-0.3, -0.25) is 0 Å². The molecule has 4 rings (SSSR count). The van der Waals surface area contributed by atoms with E-state index in [0.717, 1.165) is 19.3 Å². The van der Waals surface area contributed by atoms with Crippen LogP contribution in [0.2, 0.25) is 18.1 Å². The van der Waals surface area contributed by atoms with Gasteiger partial charge in [0.25, 0.3) is 0 Å². The van der Waals surface area contributed by atoms with Gasteiger partial charge in [0.2, 0.25) is 0 Å². The Kier molecular flexibility index (Phi) is 6.48. The summed E-state index contributed by atoms with van der Waals surface area (Å²) in [6.07, 6.45) is 8.44. The molecule has 3 saturated carbocycles. The monoisotopic (exact) mass is 462 g/mol. The average molecular weight is 463 g/mol. The molecule has 0 radical (unpaired) electrons. The predicted molar refractivity (Wildman–Crippen MR) is 131 cm³/mol. The third-order valence-corrected chi connectivity index (χ3v) is 14.4. The maximum atomic E-state index is 11.0. The van der Waals surface area contributed by atoms with E-state index >= 15 is 0 Å². The van der Waals surface area contributed by atoms with E-state index in [-0.39, 0.29) is 22.5 Å². The lowest BCUT2D eigenvalue weighted by Gasteiger charge is -2.64. The van der Waals surface area contributed by atoms with Gasteiger partial charge in [-0.1, -0.05) is 58.8 Å². The Morgan fingerprint density at radius 3 is 2.22 bits per heavy atom. The van der Waals surface area contributed by atoms with Gasteiger partial charge in [-0.15, -0.1) is 0 Å². The molecule has 32 heavy (non-hydrogen) atoms. The molecule has 0 aromatic carbocycles. The molecule has 0 amide bonds. The summed E-state index contributed by atoms with van der Waals surface area (Å²) in [5, 5.41) is 11.1. The molecule has 1 N–H and O–H groups in total. The van der Waals surface area contributed by atoms with E-state index in [2.05, 4.69) is 59.6 Å². The van der Waals surface area contributed by atoms with Crippen molar-refractivity contribution in [3.05, 3.63) is 0 Å². The topological polar surface area (TPSA) is 47.9 Å². The fourth-order valence-electron chi connectivity index (χ4n) is 6.57. The van der Waals surface area contributed by atoms with E-state index < -0.39 is 19.7 Å². The van der Waals surface area contributed by atoms with Gasteiger partial charge in [0.1, 0.15) is 5.60 Å². The summed E-state index contributed by atoms with van der Waals surface area (Å²) in [6, 6.07) is 0. The largest absolute Gasteiger partial charge is 0.401 e. The predicted octanol–water partition coefficient (Wildman–Crippen LogP) is 5.89. The second kappa shape index (κ2) is 8.38. The smallest absolute Gasteiger partial charge is 0.194 e. The van der Waals surface area contributed by atoms with E-state index in [4.69, 9.17) is 13.9 Å². The quantitative estimate of drug-likeness (QED) is 0.419. The van der Waals surface area contributed by atoms with E-state index in [1.807, 2.05) is 0 Å². The van der Waals surface area contributed by atoms with Crippen molar-refractivity contribution in [2.24, 2.45) is 23.2 Å². The van der Waals surface area contributed by atoms with Gasteiger partial charge >= 0.3 is 0 Å². The lowest BCUT2D eigenvalue weighted by molar-refractivity contribution is -0.344. The molecule has 3 aliphatic carbocycles. The SMILES string of the molecule is CC(C)(C)[Si](C)(C)O[C@](C)(C#C[C@@H]1[C@@H](O)CC[C@]2(C)[C@H]1CC21OCCO1)C1CCCCC1. The summed E-state index contributed by atoms with van der Waals surface area (Å²) in [7, 11) is -1.99. The van der Waals surface area contributed by atoms with Crippen molar-refractivity contribution in [2.45, 2.75) is 122 Å². The number of hydrogen-bond donors (Lipinski definition) is 1. The number of fused-ring (bicyclic) bond motifs is 2. The van der Waals surface area contributed by atoms with Crippen LogP contribution in [0.4, 0.5) is 0 Å². The number of hydrogen-bond acceptors (Lipinski definition) is 4. The Hall–Kier alpha value is -0.383. The maximum absolute atomic E-state index is 11.0. The third kappa shape index (κ3) is 4.03. The molecule has 0 unspecified atom stereocenters. The molecule has 0 bridgehead atoms. The van der Waals surface area contributed by atoms with Gasteiger partial charge in [0.15, 0.2) is 14.1 Å². The second-order valence-electron chi connectivity index (χ2n) is 12.9. The summed E-state index contributed by atoms with van der Waals surface area (Å²) in [5.41, 5.74) is -0.498. The van der Waals surface area contributed by atoms with Gasteiger partial charge in [-0.05, 0) is 62.6 Å². The minimum atomic E-state index is -1.99. The summed E-state index contributed by atoms with van der Waals surface area (Å²) in [6.45, 7) is 17.5. The van der Waals surface area contributed by atoms with Crippen LogP contribution in [0.15, 0.2) is 0 Å². The van der Waals surface area contributed by atoms with E-state index in [1.54, 1.807) is 0 Å². The Morgan fingerprint density at radius 2 is 1.62 bits per heavy atom. The molecule has 4 nitrogen and oxygen atoms in total. The van der Waals surface area contributed by atoms with Crippen LogP contribution in [0.25, 0.3) is 0 Å². The fourth-order valence-corrected chi connectivity index (χ4v) is 8.15.